The quantitative estimate of drug-likeness (QED) is 0.867. The van der Waals surface area contributed by atoms with E-state index in [-0.39, 0.29) is 5.97 Å². The molecule has 0 saturated carbocycles. The van der Waals surface area contributed by atoms with Crippen LogP contribution in [0.2, 0.25) is 0 Å². The largest absolute Gasteiger partial charge is 0.466 e. The maximum Gasteiger partial charge on any atom is 0.350 e. The summed E-state index contributed by atoms with van der Waals surface area (Å²) >= 11 is 1.38. The third-order valence-corrected chi connectivity index (χ3v) is 4.41. The van der Waals surface area contributed by atoms with Crippen LogP contribution in [0.25, 0.3) is 10.4 Å². The van der Waals surface area contributed by atoms with Crippen molar-refractivity contribution in [3.63, 3.8) is 0 Å². The van der Waals surface area contributed by atoms with E-state index in [0.717, 1.165) is 33.9 Å². The van der Waals surface area contributed by atoms with E-state index in [1.807, 2.05) is 26.8 Å². The highest BCUT2D eigenvalue weighted by Crippen LogP contribution is 2.41. The van der Waals surface area contributed by atoms with E-state index in [2.05, 4.69) is 0 Å². The molecule has 0 saturated heterocycles. The number of rotatable bonds is 4. The number of hydrogen-bond acceptors (Lipinski definition) is 5. The van der Waals surface area contributed by atoms with Gasteiger partial charge >= 0.3 is 5.97 Å². The predicted octanol–water partition coefficient (Wildman–Crippen LogP) is 3.95. The summed E-state index contributed by atoms with van der Waals surface area (Å²) in [6.45, 7) is 7.98. The molecule has 0 aliphatic carbocycles. The molecule has 0 spiro atoms. The van der Waals surface area contributed by atoms with Crippen LogP contribution in [-0.4, -0.2) is 12.6 Å². The maximum atomic E-state index is 12.0. The number of thiophene rings is 1. The van der Waals surface area contributed by atoms with Gasteiger partial charge in [-0.2, -0.15) is 0 Å². The van der Waals surface area contributed by atoms with Gasteiger partial charge in [0.25, 0.3) is 0 Å². The van der Waals surface area contributed by atoms with Crippen molar-refractivity contribution in [2.75, 3.05) is 12.3 Å². The number of hydrogen-bond donors (Lipinski definition) is 1. The normalized spacial score (nSPS) is 10.8. The fourth-order valence-electron chi connectivity index (χ4n) is 2.25. The number of aryl methyl sites for hydroxylation is 2. The highest BCUT2D eigenvalue weighted by atomic mass is 32.1. The molecule has 0 aromatic carbocycles. The molecule has 0 atom stereocenters. The van der Waals surface area contributed by atoms with E-state index in [4.69, 9.17) is 14.9 Å². The smallest absolute Gasteiger partial charge is 0.350 e. The standard InChI is InChI=1S/C15H19NO3S/c1-5-10-12(16)14(15(17)18-6-2)20-13(10)11-7-8(3)19-9(11)4/h7H,5-6,16H2,1-4H3. The van der Waals surface area contributed by atoms with E-state index in [9.17, 15) is 4.79 Å². The van der Waals surface area contributed by atoms with Crippen LogP contribution in [0.5, 0.6) is 0 Å². The lowest BCUT2D eigenvalue weighted by molar-refractivity contribution is 0.0533. The first kappa shape index (κ1) is 14.7. The second-order valence-corrected chi connectivity index (χ2v) is 5.57. The number of carbonyl (C=O) groups excluding carboxylic acids is 1. The first-order valence-electron chi connectivity index (χ1n) is 6.65. The molecule has 2 N–H and O–H groups in total. The summed E-state index contributed by atoms with van der Waals surface area (Å²) in [5, 5.41) is 0. The zero-order chi connectivity index (χ0) is 14.9. The number of furan rings is 1. The fourth-order valence-corrected chi connectivity index (χ4v) is 3.52. The van der Waals surface area contributed by atoms with Crippen molar-refractivity contribution in [1.82, 2.24) is 0 Å². The molecule has 5 heteroatoms. The van der Waals surface area contributed by atoms with Crippen molar-refractivity contribution in [1.29, 1.82) is 0 Å². The Balaban J connectivity index is 2.56. The third-order valence-electron chi connectivity index (χ3n) is 3.15. The van der Waals surface area contributed by atoms with Crippen LogP contribution in [-0.2, 0) is 11.2 Å². The second kappa shape index (κ2) is 5.71. The molecule has 2 rings (SSSR count). The van der Waals surface area contributed by atoms with E-state index in [1.165, 1.54) is 11.3 Å². The summed E-state index contributed by atoms with van der Waals surface area (Å²) < 4.78 is 10.6. The van der Waals surface area contributed by atoms with Gasteiger partial charge in [0.1, 0.15) is 16.4 Å². The number of nitrogen functional groups attached to an aromatic ring is 1. The van der Waals surface area contributed by atoms with Gasteiger partial charge in [0.15, 0.2) is 0 Å². The van der Waals surface area contributed by atoms with Crippen molar-refractivity contribution in [2.45, 2.75) is 34.1 Å². The zero-order valence-corrected chi connectivity index (χ0v) is 13.0. The summed E-state index contributed by atoms with van der Waals surface area (Å²) in [5.74, 6) is 1.34. The Labute approximate surface area is 122 Å². The number of carbonyl (C=O) groups is 1. The van der Waals surface area contributed by atoms with Gasteiger partial charge in [0.05, 0.1) is 12.3 Å². The highest BCUT2D eigenvalue weighted by Gasteiger charge is 2.23. The molecule has 2 heterocycles. The van der Waals surface area contributed by atoms with Crippen LogP contribution >= 0.6 is 11.3 Å². The van der Waals surface area contributed by atoms with Crippen molar-refractivity contribution >= 4 is 23.0 Å². The van der Waals surface area contributed by atoms with E-state index in [0.29, 0.717) is 17.2 Å². The van der Waals surface area contributed by atoms with Gasteiger partial charge in [-0.25, -0.2) is 4.79 Å². The van der Waals surface area contributed by atoms with Gasteiger partial charge in [-0.15, -0.1) is 11.3 Å². The van der Waals surface area contributed by atoms with Crippen molar-refractivity contribution in [3.8, 4) is 10.4 Å². The SMILES string of the molecule is CCOC(=O)c1sc(-c2cc(C)oc2C)c(CC)c1N. The van der Waals surface area contributed by atoms with Crippen LogP contribution in [0, 0.1) is 13.8 Å². The Morgan fingerprint density at radius 1 is 1.40 bits per heavy atom. The molecule has 4 nitrogen and oxygen atoms in total. The summed E-state index contributed by atoms with van der Waals surface area (Å²) in [7, 11) is 0. The molecule has 108 valence electrons. The van der Waals surface area contributed by atoms with Gasteiger partial charge in [-0.05, 0) is 38.8 Å². The lowest BCUT2D eigenvalue weighted by atomic mass is 10.1. The van der Waals surface area contributed by atoms with E-state index in [1.54, 1.807) is 6.92 Å². The van der Waals surface area contributed by atoms with Crippen LogP contribution in [0.15, 0.2) is 10.5 Å². The molecule has 0 amide bonds. The average Bonchev–Trinajstić information content (AvgIpc) is 2.89. The van der Waals surface area contributed by atoms with Crippen molar-refractivity contribution in [3.05, 3.63) is 28.0 Å². The molecular formula is C15H19NO3S. The van der Waals surface area contributed by atoms with Crippen LogP contribution in [0.4, 0.5) is 5.69 Å². The molecule has 0 radical (unpaired) electrons. The van der Waals surface area contributed by atoms with E-state index >= 15 is 0 Å². The Bertz CT molecular complexity index is 640. The Morgan fingerprint density at radius 3 is 2.60 bits per heavy atom. The Kier molecular flexibility index (Phi) is 4.18. The maximum absolute atomic E-state index is 12.0. The van der Waals surface area contributed by atoms with Gasteiger partial charge in [0, 0.05) is 10.4 Å². The Hall–Kier alpha value is -1.75. The van der Waals surface area contributed by atoms with Crippen molar-refractivity contribution in [2.24, 2.45) is 0 Å². The number of anilines is 1. The number of ether oxygens (including phenoxy) is 1. The molecule has 0 aliphatic rings. The minimum atomic E-state index is -0.353. The van der Waals surface area contributed by atoms with Gasteiger partial charge in [-0.3, -0.25) is 0 Å². The second-order valence-electron chi connectivity index (χ2n) is 4.55. The minimum Gasteiger partial charge on any atom is -0.466 e. The molecule has 0 unspecified atom stereocenters. The van der Waals surface area contributed by atoms with E-state index < -0.39 is 0 Å². The molecule has 20 heavy (non-hydrogen) atoms. The molecule has 0 fully saturated rings. The fraction of sp³-hybridized carbons (Fsp3) is 0.400. The Morgan fingerprint density at radius 2 is 2.10 bits per heavy atom. The van der Waals surface area contributed by atoms with Gasteiger partial charge < -0.3 is 14.9 Å². The van der Waals surface area contributed by atoms with Gasteiger partial charge in [-0.1, -0.05) is 6.92 Å². The van der Waals surface area contributed by atoms with Crippen LogP contribution < -0.4 is 5.73 Å². The topological polar surface area (TPSA) is 65.5 Å². The minimum absolute atomic E-state index is 0.344. The average molecular weight is 293 g/mol. The summed E-state index contributed by atoms with van der Waals surface area (Å²) in [4.78, 5) is 13.4. The lowest BCUT2D eigenvalue weighted by Crippen LogP contribution is -2.05. The predicted molar refractivity (Wildman–Crippen MR) is 81.2 cm³/mol. The summed E-state index contributed by atoms with van der Waals surface area (Å²) in [6.07, 6.45) is 0.765. The summed E-state index contributed by atoms with van der Waals surface area (Å²) in [5.41, 5.74) is 8.64. The van der Waals surface area contributed by atoms with Crippen LogP contribution in [0.3, 0.4) is 0 Å². The monoisotopic (exact) mass is 293 g/mol. The molecule has 0 bridgehead atoms. The molecule has 0 aliphatic heterocycles. The third kappa shape index (κ3) is 2.45. The summed E-state index contributed by atoms with van der Waals surface area (Å²) in [6, 6.07) is 1.98. The molecule has 2 aromatic rings. The molecular weight excluding hydrogens is 274 g/mol. The first-order valence-corrected chi connectivity index (χ1v) is 7.46. The van der Waals surface area contributed by atoms with Crippen LogP contribution in [0.1, 0.15) is 40.6 Å². The lowest BCUT2D eigenvalue weighted by Gasteiger charge is -2.01. The zero-order valence-electron chi connectivity index (χ0n) is 12.2. The van der Waals surface area contributed by atoms with Gasteiger partial charge in [0.2, 0.25) is 0 Å². The molecule has 2 aromatic heterocycles. The number of nitrogens with two attached hydrogens (primary N) is 1. The first-order chi connectivity index (χ1) is 9.49. The van der Waals surface area contributed by atoms with Crippen molar-refractivity contribution < 1.29 is 13.9 Å². The number of esters is 1. The highest BCUT2D eigenvalue weighted by molar-refractivity contribution is 7.18.